The highest BCUT2D eigenvalue weighted by molar-refractivity contribution is 7.88. The highest BCUT2D eigenvalue weighted by Gasteiger charge is 2.37. The highest BCUT2D eigenvalue weighted by atomic mass is 35.5. The molecule has 24 heavy (non-hydrogen) atoms. The van der Waals surface area contributed by atoms with Crippen LogP contribution in [0.2, 0.25) is 5.02 Å². The number of carbonyl (C=O) groups excluding carboxylic acids is 1. The van der Waals surface area contributed by atoms with Gasteiger partial charge in [0.1, 0.15) is 5.01 Å². The summed E-state index contributed by atoms with van der Waals surface area (Å²) in [6, 6.07) is 7.42. The minimum atomic E-state index is -3.19. The molecule has 0 spiro atoms. The van der Waals surface area contributed by atoms with E-state index >= 15 is 0 Å². The Kier molecular flexibility index (Phi) is 4.91. The molecule has 128 valence electrons. The molecule has 0 bridgehead atoms. The molecule has 0 atom stereocenters. The Balaban J connectivity index is 1.53. The fourth-order valence-electron chi connectivity index (χ4n) is 2.31. The van der Waals surface area contributed by atoms with Crippen LogP contribution in [0.3, 0.4) is 0 Å². The van der Waals surface area contributed by atoms with Gasteiger partial charge in [-0.05, 0) is 12.1 Å². The van der Waals surface area contributed by atoms with Crippen molar-refractivity contribution in [3.8, 4) is 10.6 Å². The molecule has 0 aliphatic carbocycles. The number of aromatic nitrogens is 1. The quantitative estimate of drug-likeness (QED) is 0.853. The van der Waals surface area contributed by atoms with E-state index < -0.39 is 10.0 Å². The van der Waals surface area contributed by atoms with Gasteiger partial charge in [-0.1, -0.05) is 23.7 Å². The Hall–Kier alpha value is -1.48. The van der Waals surface area contributed by atoms with Crippen LogP contribution in [0.1, 0.15) is 4.88 Å². The molecule has 1 aromatic heterocycles. The number of hydrogen-bond donors (Lipinski definition) is 1. The fraction of sp³-hybridized carbons (Fsp3) is 0.333. The molecule has 9 heteroatoms. The number of thiazole rings is 1. The molecular weight excluding hydrogens is 370 g/mol. The molecule has 0 unspecified atom stereocenters. The monoisotopic (exact) mass is 385 g/mol. The van der Waals surface area contributed by atoms with E-state index in [-0.39, 0.29) is 24.9 Å². The molecule has 2 aromatic rings. The van der Waals surface area contributed by atoms with E-state index in [1.165, 1.54) is 15.6 Å². The van der Waals surface area contributed by atoms with Crippen molar-refractivity contribution >= 4 is 38.9 Å². The van der Waals surface area contributed by atoms with Gasteiger partial charge in [-0.25, -0.2) is 17.7 Å². The van der Waals surface area contributed by atoms with Gasteiger partial charge >= 0.3 is 0 Å². The zero-order valence-electron chi connectivity index (χ0n) is 12.9. The molecule has 6 nitrogen and oxygen atoms in total. The second-order valence-electron chi connectivity index (χ2n) is 5.63. The minimum absolute atomic E-state index is 0.128. The summed E-state index contributed by atoms with van der Waals surface area (Å²) in [5, 5.41) is 4.37. The van der Waals surface area contributed by atoms with Crippen LogP contribution in [0.15, 0.2) is 30.5 Å². The van der Waals surface area contributed by atoms with Crippen molar-refractivity contribution in [2.75, 3.05) is 19.3 Å². The van der Waals surface area contributed by atoms with Crippen molar-refractivity contribution in [1.82, 2.24) is 14.6 Å². The summed E-state index contributed by atoms with van der Waals surface area (Å²) in [7, 11) is -3.19. The number of sulfonamides is 1. The van der Waals surface area contributed by atoms with Crippen LogP contribution < -0.4 is 5.32 Å². The summed E-state index contributed by atoms with van der Waals surface area (Å²) in [6.45, 7) is 0.895. The van der Waals surface area contributed by atoms with E-state index in [0.717, 1.165) is 21.7 Å². The van der Waals surface area contributed by atoms with Crippen molar-refractivity contribution in [3.05, 3.63) is 40.4 Å². The Labute approximate surface area is 149 Å². The first-order chi connectivity index (χ1) is 11.3. The number of benzene rings is 1. The zero-order chi connectivity index (χ0) is 17.3. The van der Waals surface area contributed by atoms with E-state index in [2.05, 4.69) is 10.3 Å². The Morgan fingerprint density at radius 3 is 2.67 bits per heavy atom. The van der Waals surface area contributed by atoms with Gasteiger partial charge in [0.05, 0.1) is 18.7 Å². The van der Waals surface area contributed by atoms with E-state index in [9.17, 15) is 13.2 Å². The average molecular weight is 386 g/mol. The van der Waals surface area contributed by atoms with Gasteiger partial charge in [0.2, 0.25) is 15.9 Å². The summed E-state index contributed by atoms with van der Waals surface area (Å²) in [5.74, 6) is -0.403. The number of halogens is 1. The topological polar surface area (TPSA) is 79.4 Å². The lowest BCUT2D eigenvalue weighted by atomic mass is 10.0. The number of hydrogen-bond acceptors (Lipinski definition) is 5. The Morgan fingerprint density at radius 1 is 1.38 bits per heavy atom. The van der Waals surface area contributed by atoms with Gasteiger partial charge in [0.25, 0.3) is 0 Å². The first-order valence-corrected chi connectivity index (χ1v) is 10.3. The smallest absolute Gasteiger partial charge is 0.226 e. The molecule has 1 N–H and O–H groups in total. The molecule has 1 aromatic carbocycles. The van der Waals surface area contributed by atoms with Crippen molar-refractivity contribution in [1.29, 1.82) is 0 Å². The third kappa shape index (κ3) is 3.94. The number of rotatable bonds is 5. The molecule has 1 saturated heterocycles. The summed E-state index contributed by atoms with van der Waals surface area (Å²) in [4.78, 5) is 17.3. The van der Waals surface area contributed by atoms with Crippen LogP contribution in [-0.4, -0.2) is 43.0 Å². The normalized spacial score (nSPS) is 15.9. The van der Waals surface area contributed by atoms with Gasteiger partial charge < -0.3 is 5.32 Å². The lowest BCUT2D eigenvalue weighted by Gasteiger charge is -2.35. The second kappa shape index (κ2) is 6.79. The number of amides is 1. The predicted octanol–water partition coefficient (Wildman–Crippen LogP) is 1.97. The van der Waals surface area contributed by atoms with Crippen LogP contribution in [0.5, 0.6) is 0 Å². The van der Waals surface area contributed by atoms with Crippen LogP contribution in [0.4, 0.5) is 0 Å². The fourth-order valence-corrected chi connectivity index (χ4v) is 4.19. The SMILES string of the molecule is CS(=O)(=O)N1CC(C(=O)NCc2cnc(-c3ccc(Cl)cc3)s2)C1. The third-order valence-electron chi connectivity index (χ3n) is 3.77. The molecule has 1 fully saturated rings. The summed E-state index contributed by atoms with van der Waals surface area (Å²) in [6.07, 6.45) is 2.88. The van der Waals surface area contributed by atoms with Gasteiger partial charge in [-0.3, -0.25) is 4.79 Å². The summed E-state index contributed by atoms with van der Waals surface area (Å²) >= 11 is 7.37. The van der Waals surface area contributed by atoms with Crippen molar-refractivity contribution in [2.24, 2.45) is 5.92 Å². The van der Waals surface area contributed by atoms with Crippen LogP contribution in [0, 0.1) is 5.92 Å². The number of nitrogens with zero attached hydrogens (tertiary/aromatic N) is 2. The molecule has 0 radical (unpaired) electrons. The molecule has 0 saturated carbocycles. The summed E-state index contributed by atoms with van der Waals surface area (Å²) in [5.41, 5.74) is 0.977. The highest BCUT2D eigenvalue weighted by Crippen LogP contribution is 2.26. The van der Waals surface area contributed by atoms with Gasteiger partial charge in [-0.2, -0.15) is 0 Å². The average Bonchev–Trinajstić information content (AvgIpc) is 2.91. The minimum Gasteiger partial charge on any atom is -0.351 e. The standard InChI is InChI=1S/C15H16ClN3O3S2/c1-24(21,22)19-8-11(9-19)14(20)17-6-13-7-18-15(23-13)10-2-4-12(16)5-3-10/h2-5,7,11H,6,8-9H2,1H3,(H,17,20). The second-order valence-corrected chi connectivity index (χ2v) is 9.17. The number of carbonyl (C=O) groups is 1. The van der Waals surface area contributed by atoms with E-state index in [0.29, 0.717) is 11.6 Å². The van der Waals surface area contributed by atoms with E-state index in [1.54, 1.807) is 6.20 Å². The molecular formula is C15H16ClN3O3S2. The predicted molar refractivity (Wildman–Crippen MR) is 94.3 cm³/mol. The van der Waals surface area contributed by atoms with Crippen molar-refractivity contribution in [2.45, 2.75) is 6.54 Å². The molecule has 2 heterocycles. The van der Waals surface area contributed by atoms with Crippen molar-refractivity contribution in [3.63, 3.8) is 0 Å². The van der Waals surface area contributed by atoms with Crippen LogP contribution in [-0.2, 0) is 21.4 Å². The first-order valence-electron chi connectivity index (χ1n) is 7.26. The maximum Gasteiger partial charge on any atom is 0.226 e. The zero-order valence-corrected chi connectivity index (χ0v) is 15.3. The van der Waals surface area contributed by atoms with Gasteiger partial charge in [-0.15, -0.1) is 11.3 Å². The van der Waals surface area contributed by atoms with Crippen LogP contribution in [0.25, 0.3) is 10.6 Å². The maximum atomic E-state index is 12.0. The van der Waals surface area contributed by atoms with Crippen molar-refractivity contribution < 1.29 is 13.2 Å². The number of nitrogens with one attached hydrogen (secondary N) is 1. The lowest BCUT2D eigenvalue weighted by molar-refractivity contribution is -0.128. The molecule has 1 aliphatic rings. The summed E-state index contributed by atoms with van der Waals surface area (Å²) < 4.78 is 23.9. The maximum absolute atomic E-state index is 12.0. The molecule has 1 aliphatic heterocycles. The lowest BCUT2D eigenvalue weighted by Crippen LogP contribution is -2.55. The van der Waals surface area contributed by atoms with E-state index in [1.807, 2.05) is 24.3 Å². The third-order valence-corrected chi connectivity index (χ3v) is 6.30. The van der Waals surface area contributed by atoms with E-state index in [4.69, 9.17) is 11.6 Å². The molecule has 3 rings (SSSR count). The van der Waals surface area contributed by atoms with Gasteiger partial charge in [0, 0.05) is 34.7 Å². The largest absolute Gasteiger partial charge is 0.351 e. The Morgan fingerprint density at radius 2 is 2.04 bits per heavy atom. The van der Waals surface area contributed by atoms with Crippen LogP contribution >= 0.6 is 22.9 Å². The van der Waals surface area contributed by atoms with Gasteiger partial charge in [0.15, 0.2) is 0 Å². The Bertz CT molecular complexity index is 843. The molecule has 1 amide bonds. The first kappa shape index (κ1) is 17.3.